The molecule has 0 saturated heterocycles. The molecule has 1 unspecified atom stereocenters. The summed E-state index contributed by atoms with van der Waals surface area (Å²) in [6.45, 7) is 1.47. The summed E-state index contributed by atoms with van der Waals surface area (Å²) in [7, 11) is -4.29. The van der Waals surface area contributed by atoms with E-state index in [0.29, 0.717) is 25.6 Å². The van der Waals surface area contributed by atoms with Crippen LogP contribution in [0.1, 0.15) is 30.9 Å². The van der Waals surface area contributed by atoms with Gasteiger partial charge in [-0.2, -0.15) is 13.2 Å². The molecule has 1 N–H and O–H groups in total. The number of fused-ring (bicyclic) bond motifs is 1. The molecule has 2 aliphatic heterocycles. The summed E-state index contributed by atoms with van der Waals surface area (Å²) >= 11 is 0. The Morgan fingerprint density at radius 3 is 2.31 bits per heavy atom. The van der Waals surface area contributed by atoms with Gasteiger partial charge < -0.3 is 10.0 Å². The number of hydrogen-bond acceptors (Lipinski definition) is 4. The number of aliphatic hydroxyl groups is 1. The van der Waals surface area contributed by atoms with Crippen molar-refractivity contribution in [1.29, 1.82) is 0 Å². The predicted octanol–water partition coefficient (Wildman–Crippen LogP) is 3.89. The molecule has 2 atom stereocenters. The van der Waals surface area contributed by atoms with E-state index in [4.69, 9.17) is 0 Å². The lowest BCUT2D eigenvalue weighted by atomic mass is 9.89. The first-order chi connectivity index (χ1) is 16.3. The van der Waals surface area contributed by atoms with E-state index in [1.807, 2.05) is 12.2 Å². The molecule has 0 saturated carbocycles. The van der Waals surface area contributed by atoms with E-state index in [-0.39, 0.29) is 35.8 Å². The van der Waals surface area contributed by atoms with Crippen LogP contribution in [0.2, 0.25) is 0 Å². The Labute approximate surface area is 200 Å². The normalized spacial score (nSPS) is 20.0. The zero-order valence-corrected chi connectivity index (χ0v) is 19.6. The first-order valence-corrected chi connectivity index (χ1v) is 12.4. The molecule has 0 bridgehead atoms. The summed E-state index contributed by atoms with van der Waals surface area (Å²) in [6.07, 6.45) is -1.01. The van der Waals surface area contributed by atoms with Crippen LogP contribution in [0.5, 0.6) is 0 Å². The van der Waals surface area contributed by atoms with Gasteiger partial charge >= 0.3 is 6.18 Å². The predicted molar refractivity (Wildman–Crippen MR) is 121 cm³/mol. The third kappa shape index (κ3) is 4.66. The number of nitrogens with zero attached hydrogens (tertiary/aromatic N) is 2. The van der Waals surface area contributed by atoms with Gasteiger partial charge in [-0.25, -0.2) is 12.8 Å². The van der Waals surface area contributed by atoms with Crippen LogP contribution in [-0.2, 0) is 26.8 Å². The first kappa shape index (κ1) is 25.2. The molecule has 2 heterocycles. The SMILES string of the molecule is CC(O)(c1ccc2c(c1)CC[C@@H](CC(=O)N1CC=CC1)N2S(=O)(=O)c1ccc(F)cc1)C(F)(F)F. The van der Waals surface area contributed by atoms with Gasteiger partial charge in [0.1, 0.15) is 5.82 Å². The number of rotatable bonds is 5. The van der Waals surface area contributed by atoms with Gasteiger partial charge in [0, 0.05) is 19.5 Å². The molecule has 188 valence electrons. The molecule has 11 heteroatoms. The lowest BCUT2D eigenvalue weighted by molar-refractivity contribution is -0.258. The number of amides is 1. The van der Waals surface area contributed by atoms with Crippen molar-refractivity contribution in [2.45, 2.75) is 48.9 Å². The number of halogens is 4. The molecular formula is C24H24F4N2O4S. The molecule has 1 amide bonds. The Hall–Kier alpha value is -2.92. The van der Waals surface area contributed by atoms with Gasteiger partial charge in [0.2, 0.25) is 5.91 Å². The maximum absolute atomic E-state index is 13.7. The smallest absolute Gasteiger partial charge is 0.376 e. The molecule has 0 fully saturated rings. The summed E-state index contributed by atoms with van der Waals surface area (Å²) in [5, 5.41) is 10.1. The Bertz CT molecular complexity index is 1250. The summed E-state index contributed by atoms with van der Waals surface area (Å²) in [5.41, 5.74) is -3.12. The van der Waals surface area contributed by atoms with Gasteiger partial charge in [0.05, 0.1) is 16.6 Å². The fourth-order valence-electron chi connectivity index (χ4n) is 4.35. The van der Waals surface area contributed by atoms with E-state index >= 15 is 0 Å². The zero-order chi connectivity index (χ0) is 25.6. The van der Waals surface area contributed by atoms with Crippen LogP contribution in [0.3, 0.4) is 0 Å². The summed E-state index contributed by atoms with van der Waals surface area (Å²) in [6, 6.07) is 6.82. The summed E-state index contributed by atoms with van der Waals surface area (Å²) in [4.78, 5) is 14.2. The highest BCUT2D eigenvalue weighted by Gasteiger charge is 2.51. The van der Waals surface area contributed by atoms with Gasteiger partial charge in [0.15, 0.2) is 5.60 Å². The van der Waals surface area contributed by atoms with E-state index in [1.165, 1.54) is 6.07 Å². The van der Waals surface area contributed by atoms with Crippen molar-refractivity contribution in [3.8, 4) is 0 Å². The van der Waals surface area contributed by atoms with E-state index in [1.54, 1.807) is 4.90 Å². The number of sulfonamides is 1. The van der Waals surface area contributed by atoms with Crippen molar-refractivity contribution < 1.29 is 35.9 Å². The highest BCUT2D eigenvalue weighted by atomic mass is 32.2. The Balaban J connectivity index is 1.77. The van der Waals surface area contributed by atoms with E-state index in [2.05, 4.69) is 0 Å². The summed E-state index contributed by atoms with van der Waals surface area (Å²) < 4.78 is 82.0. The van der Waals surface area contributed by atoms with Crippen molar-refractivity contribution in [3.63, 3.8) is 0 Å². The second-order valence-electron chi connectivity index (χ2n) is 8.83. The molecule has 0 aromatic heterocycles. The second-order valence-corrected chi connectivity index (χ2v) is 10.6. The van der Waals surface area contributed by atoms with Gasteiger partial charge in [-0.3, -0.25) is 9.10 Å². The summed E-state index contributed by atoms with van der Waals surface area (Å²) in [5.74, 6) is -0.880. The quantitative estimate of drug-likeness (QED) is 0.487. The largest absolute Gasteiger partial charge is 0.421 e. The lowest BCUT2D eigenvalue weighted by Crippen LogP contribution is -2.47. The fourth-order valence-corrected chi connectivity index (χ4v) is 6.06. The molecule has 2 aromatic rings. The standard InChI is InChI=1S/C24H24F4N2O4S/c1-23(32,24(26,27)28)17-5-11-21-16(14-17)4-8-19(15-22(31)29-12-2-3-13-29)30(21)35(33,34)20-9-6-18(25)7-10-20/h2-3,5-7,9-11,14,19,32H,4,8,12-13,15H2,1H3/t19-,23?/m0/s1. The van der Waals surface area contributed by atoms with Crippen LogP contribution in [0.25, 0.3) is 0 Å². The van der Waals surface area contributed by atoms with Crippen LogP contribution >= 0.6 is 0 Å². The van der Waals surface area contributed by atoms with Crippen molar-refractivity contribution in [1.82, 2.24) is 4.90 Å². The number of benzene rings is 2. The number of carbonyl (C=O) groups excluding carboxylic acids is 1. The van der Waals surface area contributed by atoms with E-state index in [0.717, 1.165) is 40.7 Å². The topological polar surface area (TPSA) is 77.9 Å². The third-order valence-electron chi connectivity index (χ3n) is 6.46. The zero-order valence-electron chi connectivity index (χ0n) is 18.8. The molecule has 35 heavy (non-hydrogen) atoms. The average Bonchev–Trinajstić information content (AvgIpc) is 3.33. The van der Waals surface area contributed by atoms with E-state index in [9.17, 15) is 35.9 Å². The molecule has 4 rings (SSSR count). The van der Waals surface area contributed by atoms with Crippen LogP contribution in [0.15, 0.2) is 59.5 Å². The van der Waals surface area contributed by atoms with Gasteiger partial charge in [-0.05, 0) is 61.2 Å². The van der Waals surface area contributed by atoms with Crippen molar-refractivity contribution in [2.75, 3.05) is 17.4 Å². The maximum atomic E-state index is 13.7. The minimum atomic E-state index is -4.94. The highest BCUT2D eigenvalue weighted by Crippen LogP contribution is 2.43. The van der Waals surface area contributed by atoms with Gasteiger partial charge in [-0.15, -0.1) is 0 Å². The Morgan fingerprint density at radius 2 is 1.71 bits per heavy atom. The Morgan fingerprint density at radius 1 is 1.09 bits per heavy atom. The van der Waals surface area contributed by atoms with Crippen molar-refractivity contribution in [3.05, 3.63) is 71.6 Å². The van der Waals surface area contributed by atoms with Gasteiger partial charge in [0.25, 0.3) is 10.0 Å². The number of aryl methyl sites for hydroxylation is 1. The molecule has 2 aromatic carbocycles. The minimum Gasteiger partial charge on any atom is -0.376 e. The number of carbonyl (C=O) groups is 1. The first-order valence-electron chi connectivity index (χ1n) is 11.0. The minimum absolute atomic E-state index is 0.121. The van der Waals surface area contributed by atoms with E-state index < -0.39 is 39.2 Å². The van der Waals surface area contributed by atoms with Crippen LogP contribution in [0, 0.1) is 5.82 Å². The average molecular weight is 513 g/mol. The fraction of sp³-hybridized carbons (Fsp3) is 0.375. The molecular weight excluding hydrogens is 488 g/mol. The van der Waals surface area contributed by atoms with Crippen LogP contribution in [0.4, 0.5) is 23.2 Å². The van der Waals surface area contributed by atoms with Gasteiger partial charge in [-0.1, -0.05) is 24.3 Å². The molecule has 0 radical (unpaired) electrons. The number of hydrogen-bond donors (Lipinski definition) is 1. The molecule has 0 aliphatic carbocycles. The second kappa shape index (κ2) is 8.94. The number of alkyl halides is 3. The van der Waals surface area contributed by atoms with Crippen molar-refractivity contribution >= 4 is 21.6 Å². The monoisotopic (exact) mass is 512 g/mol. The molecule has 6 nitrogen and oxygen atoms in total. The maximum Gasteiger partial charge on any atom is 0.421 e. The lowest BCUT2D eigenvalue weighted by Gasteiger charge is -2.39. The third-order valence-corrected chi connectivity index (χ3v) is 8.34. The molecule has 2 aliphatic rings. The Kier molecular flexibility index (Phi) is 6.43. The number of anilines is 1. The highest BCUT2D eigenvalue weighted by molar-refractivity contribution is 7.92. The van der Waals surface area contributed by atoms with Crippen molar-refractivity contribution in [2.24, 2.45) is 0 Å². The van der Waals surface area contributed by atoms with Crippen LogP contribution in [-0.4, -0.2) is 49.6 Å². The van der Waals surface area contributed by atoms with Crippen LogP contribution < -0.4 is 4.31 Å². The molecule has 0 spiro atoms.